The Hall–Kier alpha value is -3.61. The summed E-state index contributed by atoms with van der Waals surface area (Å²) in [4.78, 5) is 0. The Morgan fingerprint density at radius 1 is 0.727 bits per heavy atom. The van der Waals surface area contributed by atoms with Crippen LogP contribution < -0.4 is 4.74 Å². The van der Waals surface area contributed by atoms with E-state index >= 15 is 0 Å². The van der Waals surface area contributed by atoms with Crippen LogP contribution in [0.1, 0.15) is 11.1 Å². The topological polar surface area (TPSA) is 20.5 Å². The Kier molecular flexibility index (Phi) is 6.49. The third kappa shape index (κ3) is 5.42. The Morgan fingerprint density at radius 3 is 2.03 bits per heavy atom. The maximum absolute atomic E-state index is 9.75. The minimum absolute atomic E-state index is 0.843. The van der Waals surface area contributed by atoms with Crippen molar-refractivity contribution in [1.29, 1.82) is 0 Å². The van der Waals surface area contributed by atoms with Crippen molar-refractivity contribution < 1.29 is 26.4 Å². The maximum atomic E-state index is 9.75. The Labute approximate surface area is 189 Å². The summed E-state index contributed by atoms with van der Waals surface area (Å²) in [5, 5.41) is 0. The standard InChI is InChI=1S/C26H21O2.BF4/c1-27-21-14-11-20(12-15-21)25-17-24(18-7-3-2-4-8-18)23-16-13-19-9-5-6-10-22(19)26(23)28-25;2-1(3,4)5/h2-12,14-15,17H,13,16H2,1H3;/q+1;-1. The highest BCUT2D eigenvalue weighted by atomic mass is 19.5. The molecule has 0 unspecified atom stereocenters. The predicted octanol–water partition coefficient (Wildman–Crippen LogP) is 7.97. The zero-order valence-electron chi connectivity index (χ0n) is 17.9. The van der Waals surface area contributed by atoms with Crippen LogP contribution in [0.2, 0.25) is 0 Å². The first kappa shape index (κ1) is 22.6. The van der Waals surface area contributed by atoms with Crippen molar-refractivity contribution in [3.8, 4) is 39.5 Å². The van der Waals surface area contributed by atoms with Crippen LogP contribution in [0.15, 0.2) is 89.3 Å². The largest absolute Gasteiger partial charge is 0.673 e. The van der Waals surface area contributed by atoms with Crippen molar-refractivity contribution in [2.24, 2.45) is 0 Å². The lowest BCUT2D eigenvalue weighted by Crippen LogP contribution is -2.06. The molecule has 4 aromatic rings. The van der Waals surface area contributed by atoms with E-state index in [1.807, 2.05) is 24.3 Å². The van der Waals surface area contributed by atoms with Gasteiger partial charge in [-0.05, 0) is 54.3 Å². The molecule has 1 aromatic heterocycles. The number of rotatable bonds is 3. The van der Waals surface area contributed by atoms with E-state index in [9.17, 15) is 17.3 Å². The van der Waals surface area contributed by atoms with Gasteiger partial charge < -0.3 is 22.0 Å². The molecule has 1 aliphatic rings. The van der Waals surface area contributed by atoms with Gasteiger partial charge in [0.1, 0.15) is 5.75 Å². The predicted molar refractivity (Wildman–Crippen MR) is 124 cm³/mol. The summed E-state index contributed by atoms with van der Waals surface area (Å²) >= 11 is 0. The molecular formula is C26H21BF4O2. The van der Waals surface area contributed by atoms with Crippen molar-refractivity contribution in [3.63, 3.8) is 0 Å². The molecule has 0 bridgehead atoms. The minimum atomic E-state index is -6.00. The molecule has 2 nitrogen and oxygen atoms in total. The molecular weight excluding hydrogens is 431 g/mol. The molecule has 1 heterocycles. The van der Waals surface area contributed by atoms with Crippen LogP contribution in [0.25, 0.3) is 33.8 Å². The lowest BCUT2D eigenvalue weighted by atomic mass is 9.85. The van der Waals surface area contributed by atoms with Crippen molar-refractivity contribution in [2.45, 2.75) is 12.8 Å². The molecule has 0 amide bonds. The van der Waals surface area contributed by atoms with E-state index in [4.69, 9.17) is 9.15 Å². The molecule has 0 fully saturated rings. The molecule has 7 heteroatoms. The number of halogens is 4. The smallest absolute Gasteiger partial charge is 0.497 e. The molecule has 0 N–H and O–H groups in total. The quantitative estimate of drug-likeness (QED) is 0.179. The van der Waals surface area contributed by atoms with Gasteiger partial charge in [0.25, 0.3) is 0 Å². The van der Waals surface area contributed by atoms with Crippen LogP contribution in [0, 0.1) is 0 Å². The highest BCUT2D eigenvalue weighted by molar-refractivity contribution is 6.50. The van der Waals surface area contributed by atoms with E-state index in [0.717, 1.165) is 35.7 Å². The highest BCUT2D eigenvalue weighted by Gasteiger charge is 2.31. The Morgan fingerprint density at radius 2 is 1.36 bits per heavy atom. The van der Waals surface area contributed by atoms with Crippen molar-refractivity contribution >= 4 is 7.25 Å². The molecule has 33 heavy (non-hydrogen) atoms. The fourth-order valence-electron chi connectivity index (χ4n) is 4.00. The summed E-state index contributed by atoms with van der Waals surface area (Å²) in [5.41, 5.74) is 7.37. The maximum Gasteiger partial charge on any atom is 0.673 e. The number of fused-ring (bicyclic) bond motifs is 3. The Balaban J connectivity index is 0.000000471. The number of benzene rings is 3. The van der Waals surface area contributed by atoms with E-state index in [1.54, 1.807) is 7.11 Å². The van der Waals surface area contributed by atoms with E-state index in [0.29, 0.717) is 0 Å². The molecule has 0 atom stereocenters. The summed E-state index contributed by atoms with van der Waals surface area (Å²) in [6.45, 7) is 0. The number of methoxy groups -OCH3 is 1. The van der Waals surface area contributed by atoms with Crippen molar-refractivity contribution in [2.75, 3.05) is 7.11 Å². The van der Waals surface area contributed by atoms with Crippen LogP contribution >= 0.6 is 0 Å². The van der Waals surface area contributed by atoms with Gasteiger partial charge in [0.15, 0.2) is 0 Å². The molecule has 0 aliphatic heterocycles. The molecule has 1 aliphatic carbocycles. The fourth-order valence-corrected chi connectivity index (χ4v) is 4.00. The van der Waals surface area contributed by atoms with Crippen LogP contribution in [0.4, 0.5) is 17.3 Å². The summed E-state index contributed by atoms with van der Waals surface area (Å²) in [5.74, 6) is 2.71. The third-order valence-electron chi connectivity index (χ3n) is 5.45. The molecule has 0 radical (unpaired) electrons. The first-order chi connectivity index (χ1) is 15.8. The number of aryl methyl sites for hydroxylation is 1. The lowest BCUT2D eigenvalue weighted by Gasteiger charge is -2.16. The van der Waals surface area contributed by atoms with Crippen molar-refractivity contribution in [1.82, 2.24) is 0 Å². The van der Waals surface area contributed by atoms with Gasteiger partial charge in [-0.25, -0.2) is 4.42 Å². The summed E-state index contributed by atoms with van der Waals surface area (Å²) in [6, 6.07) is 29.4. The monoisotopic (exact) mass is 452 g/mol. The van der Waals surface area contributed by atoms with Gasteiger partial charge >= 0.3 is 18.8 Å². The summed E-state index contributed by atoms with van der Waals surface area (Å²) < 4.78 is 50.8. The first-order valence-electron chi connectivity index (χ1n) is 10.5. The van der Waals surface area contributed by atoms with E-state index in [1.165, 1.54) is 27.8 Å². The zero-order valence-corrected chi connectivity index (χ0v) is 17.9. The third-order valence-corrected chi connectivity index (χ3v) is 5.45. The van der Waals surface area contributed by atoms with Gasteiger partial charge in [0.05, 0.1) is 29.9 Å². The van der Waals surface area contributed by atoms with E-state index in [-0.39, 0.29) is 0 Å². The van der Waals surface area contributed by atoms with Crippen LogP contribution in [0.5, 0.6) is 5.75 Å². The van der Waals surface area contributed by atoms with Gasteiger partial charge in [0, 0.05) is 5.56 Å². The van der Waals surface area contributed by atoms with Gasteiger partial charge in [-0.2, -0.15) is 0 Å². The molecule has 0 saturated heterocycles. The summed E-state index contributed by atoms with van der Waals surface area (Å²) in [6.07, 6.45) is 2.03. The van der Waals surface area contributed by atoms with Gasteiger partial charge in [-0.15, -0.1) is 0 Å². The number of ether oxygens (including phenoxy) is 1. The second-order valence-corrected chi connectivity index (χ2v) is 7.58. The zero-order chi connectivity index (χ0) is 23.4. The van der Waals surface area contributed by atoms with Crippen LogP contribution in [0.3, 0.4) is 0 Å². The van der Waals surface area contributed by atoms with E-state index in [2.05, 4.69) is 60.7 Å². The fraction of sp³-hybridized carbons (Fsp3) is 0.115. The SMILES string of the molecule is COc1ccc(-c2cc(-c3ccccc3)c3c([o+]2)-c2ccccc2CC3)cc1.F[B-](F)(F)F. The first-order valence-corrected chi connectivity index (χ1v) is 10.5. The molecule has 5 rings (SSSR count). The van der Waals surface area contributed by atoms with Gasteiger partial charge in [-0.3, -0.25) is 0 Å². The van der Waals surface area contributed by atoms with Crippen molar-refractivity contribution in [3.05, 3.63) is 96.1 Å². The van der Waals surface area contributed by atoms with E-state index < -0.39 is 7.25 Å². The second kappa shape index (κ2) is 9.49. The Bertz CT molecular complexity index is 1220. The van der Waals surface area contributed by atoms with Gasteiger partial charge in [-0.1, -0.05) is 48.5 Å². The second-order valence-electron chi connectivity index (χ2n) is 7.58. The normalized spacial score (nSPS) is 12.2. The minimum Gasteiger partial charge on any atom is -0.497 e. The lowest BCUT2D eigenvalue weighted by molar-refractivity contribution is 0.368. The number of hydrogen-bond donors (Lipinski definition) is 0. The molecule has 3 aromatic carbocycles. The number of hydrogen-bond acceptors (Lipinski definition) is 1. The average molecular weight is 452 g/mol. The van der Waals surface area contributed by atoms with Gasteiger partial charge in [0.2, 0.25) is 0 Å². The molecule has 168 valence electrons. The molecule has 0 saturated carbocycles. The highest BCUT2D eigenvalue weighted by Crippen LogP contribution is 2.42. The average Bonchev–Trinajstić information content (AvgIpc) is 2.83. The summed E-state index contributed by atoms with van der Waals surface area (Å²) in [7, 11) is -4.32. The van der Waals surface area contributed by atoms with Crippen LogP contribution in [-0.4, -0.2) is 14.4 Å². The van der Waals surface area contributed by atoms with Crippen LogP contribution in [-0.2, 0) is 12.8 Å². The molecule has 0 spiro atoms.